The maximum Gasteiger partial charge on any atom is 0.274 e. The van der Waals surface area contributed by atoms with Crippen LogP contribution < -0.4 is 10.6 Å². The number of aromatic nitrogens is 2. The van der Waals surface area contributed by atoms with Crippen LogP contribution in [-0.2, 0) is 0 Å². The van der Waals surface area contributed by atoms with E-state index in [2.05, 4.69) is 27.5 Å². The molecule has 0 aliphatic carbocycles. The number of carbonyl (C=O) groups is 1. The summed E-state index contributed by atoms with van der Waals surface area (Å²) in [6.07, 6.45) is 0.941. The molecule has 0 bridgehead atoms. The highest BCUT2D eigenvalue weighted by Crippen LogP contribution is 2.27. The molecule has 0 saturated carbocycles. The molecular weight excluding hydrogens is 324 g/mol. The Morgan fingerprint density at radius 1 is 1.21 bits per heavy atom. The fourth-order valence-corrected chi connectivity index (χ4v) is 2.69. The normalized spacial score (nSPS) is 11.9. The SMILES string of the molecule is CCC(C)Nc1nc(C)cc(C(=O)Nc2c(C)cc(C)cc2Cl)n1. The summed E-state index contributed by atoms with van der Waals surface area (Å²) in [5.41, 5.74) is 3.61. The van der Waals surface area contributed by atoms with Crippen LogP contribution in [0.2, 0.25) is 5.02 Å². The molecular formula is C18H23ClN4O. The van der Waals surface area contributed by atoms with E-state index in [1.165, 1.54) is 0 Å². The molecule has 1 heterocycles. The first-order chi connectivity index (χ1) is 11.3. The third-order valence-electron chi connectivity index (χ3n) is 3.74. The zero-order valence-corrected chi connectivity index (χ0v) is 15.5. The number of halogens is 1. The average Bonchev–Trinajstić information content (AvgIpc) is 2.49. The van der Waals surface area contributed by atoms with E-state index in [0.29, 0.717) is 22.4 Å². The van der Waals surface area contributed by atoms with Gasteiger partial charge in [-0.25, -0.2) is 9.97 Å². The first kappa shape index (κ1) is 18.2. The molecule has 24 heavy (non-hydrogen) atoms. The van der Waals surface area contributed by atoms with E-state index in [-0.39, 0.29) is 11.9 Å². The summed E-state index contributed by atoms with van der Waals surface area (Å²) in [4.78, 5) is 21.2. The van der Waals surface area contributed by atoms with Crippen molar-refractivity contribution in [3.8, 4) is 0 Å². The van der Waals surface area contributed by atoms with E-state index >= 15 is 0 Å². The summed E-state index contributed by atoms with van der Waals surface area (Å²) in [6.45, 7) is 9.83. The summed E-state index contributed by atoms with van der Waals surface area (Å²) in [5, 5.41) is 6.57. The average molecular weight is 347 g/mol. The van der Waals surface area contributed by atoms with E-state index < -0.39 is 0 Å². The van der Waals surface area contributed by atoms with Crippen LogP contribution in [-0.4, -0.2) is 21.9 Å². The quantitative estimate of drug-likeness (QED) is 0.835. The molecule has 0 fully saturated rings. The molecule has 0 radical (unpaired) electrons. The Morgan fingerprint density at radius 3 is 2.54 bits per heavy atom. The fourth-order valence-electron chi connectivity index (χ4n) is 2.32. The van der Waals surface area contributed by atoms with Crippen molar-refractivity contribution in [2.45, 2.75) is 47.1 Å². The molecule has 1 atom stereocenters. The van der Waals surface area contributed by atoms with Crippen LogP contribution in [0.15, 0.2) is 18.2 Å². The molecule has 5 nitrogen and oxygen atoms in total. The molecule has 2 rings (SSSR count). The van der Waals surface area contributed by atoms with E-state index in [1.807, 2.05) is 39.8 Å². The number of rotatable bonds is 5. The third-order valence-corrected chi connectivity index (χ3v) is 4.04. The Kier molecular flexibility index (Phi) is 5.78. The monoisotopic (exact) mass is 346 g/mol. The zero-order chi connectivity index (χ0) is 17.9. The van der Waals surface area contributed by atoms with Crippen LogP contribution in [0.25, 0.3) is 0 Å². The zero-order valence-electron chi connectivity index (χ0n) is 14.7. The predicted molar refractivity (Wildman–Crippen MR) is 99.0 cm³/mol. The second-order valence-corrected chi connectivity index (χ2v) is 6.47. The van der Waals surface area contributed by atoms with Gasteiger partial charge in [0.25, 0.3) is 5.91 Å². The van der Waals surface area contributed by atoms with Crippen LogP contribution in [0.4, 0.5) is 11.6 Å². The molecule has 2 N–H and O–H groups in total. The minimum atomic E-state index is -0.304. The van der Waals surface area contributed by atoms with Crippen LogP contribution in [0.1, 0.15) is 47.6 Å². The molecule has 0 spiro atoms. The highest BCUT2D eigenvalue weighted by molar-refractivity contribution is 6.34. The highest BCUT2D eigenvalue weighted by Gasteiger charge is 2.15. The van der Waals surface area contributed by atoms with E-state index in [4.69, 9.17) is 11.6 Å². The van der Waals surface area contributed by atoms with Crippen LogP contribution in [0, 0.1) is 20.8 Å². The lowest BCUT2D eigenvalue weighted by atomic mass is 10.1. The summed E-state index contributed by atoms with van der Waals surface area (Å²) < 4.78 is 0. The minimum Gasteiger partial charge on any atom is -0.352 e. The molecule has 0 aliphatic rings. The van der Waals surface area contributed by atoms with Crippen molar-refractivity contribution >= 4 is 29.1 Å². The first-order valence-corrected chi connectivity index (χ1v) is 8.38. The van der Waals surface area contributed by atoms with Crippen molar-refractivity contribution in [1.29, 1.82) is 0 Å². The summed E-state index contributed by atoms with van der Waals surface area (Å²) in [5.74, 6) is 0.155. The van der Waals surface area contributed by atoms with Gasteiger partial charge in [-0.15, -0.1) is 0 Å². The van der Waals surface area contributed by atoms with Gasteiger partial charge in [0.1, 0.15) is 5.69 Å². The van der Waals surface area contributed by atoms with E-state index in [1.54, 1.807) is 6.07 Å². The van der Waals surface area contributed by atoms with E-state index in [9.17, 15) is 4.79 Å². The lowest BCUT2D eigenvalue weighted by Gasteiger charge is -2.14. The third kappa shape index (κ3) is 4.45. The van der Waals surface area contributed by atoms with Crippen LogP contribution >= 0.6 is 11.6 Å². The predicted octanol–water partition coefficient (Wildman–Crippen LogP) is 4.52. The fraction of sp³-hybridized carbons (Fsp3) is 0.389. The van der Waals surface area contributed by atoms with Crippen LogP contribution in [0.5, 0.6) is 0 Å². The molecule has 1 aromatic carbocycles. The number of amides is 1. The number of carbonyl (C=O) groups excluding carboxylic acids is 1. The largest absolute Gasteiger partial charge is 0.352 e. The lowest BCUT2D eigenvalue weighted by molar-refractivity contribution is 0.102. The van der Waals surface area contributed by atoms with Crippen molar-refractivity contribution in [1.82, 2.24) is 9.97 Å². The van der Waals surface area contributed by atoms with Crippen molar-refractivity contribution in [3.05, 3.63) is 45.7 Å². The Bertz CT molecular complexity index is 738. The Hall–Kier alpha value is -2.14. The van der Waals surface area contributed by atoms with Gasteiger partial charge in [-0.3, -0.25) is 4.79 Å². The number of nitrogens with zero attached hydrogens (tertiary/aromatic N) is 2. The van der Waals surface area contributed by atoms with Gasteiger partial charge in [-0.2, -0.15) is 0 Å². The molecule has 1 unspecified atom stereocenters. The van der Waals surface area contributed by atoms with Gasteiger partial charge in [0, 0.05) is 11.7 Å². The minimum absolute atomic E-state index is 0.233. The van der Waals surface area contributed by atoms with Gasteiger partial charge in [0.2, 0.25) is 5.95 Å². The van der Waals surface area contributed by atoms with E-state index in [0.717, 1.165) is 23.2 Å². The Morgan fingerprint density at radius 2 is 1.92 bits per heavy atom. The van der Waals surface area contributed by atoms with Gasteiger partial charge in [-0.05, 0) is 57.4 Å². The van der Waals surface area contributed by atoms with Gasteiger partial charge in [0.15, 0.2) is 0 Å². The molecule has 1 amide bonds. The Labute approximate surface area is 147 Å². The molecule has 6 heteroatoms. The number of anilines is 2. The number of aryl methyl sites for hydroxylation is 3. The van der Waals surface area contributed by atoms with Gasteiger partial charge < -0.3 is 10.6 Å². The summed E-state index contributed by atoms with van der Waals surface area (Å²) in [7, 11) is 0. The van der Waals surface area contributed by atoms with Gasteiger partial charge in [0.05, 0.1) is 10.7 Å². The molecule has 0 saturated heterocycles. The molecule has 0 aliphatic heterocycles. The van der Waals surface area contributed by atoms with Crippen molar-refractivity contribution in [2.75, 3.05) is 10.6 Å². The second-order valence-electron chi connectivity index (χ2n) is 6.06. The summed E-state index contributed by atoms with van der Waals surface area (Å²) in [6, 6.07) is 5.69. The van der Waals surface area contributed by atoms with Crippen molar-refractivity contribution in [2.24, 2.45) is 0 Å². The number of benzene rings is 1. The maximum absolute atomic E-state index is 12.6. The molecule has 1 aromatic heterocycles. The summed E-state index contributed by atoms with van der Waals surface area (Å²) >= 11 is 6.26. The standard InChI is InChI=1S/C18H23ClN4O/c1-6-12(4)20-18-21-13(5)9-15(22-18)17(24)23-16-11(3)7-10(2)8-14(16)19/h7-9,12H,6H2,1-5H3,(H,23,24)(H,20,21,22). The first-order valence-electron chi connectivity index (χ1n) is 8.00. The second kappa shape index (κ2) is 7.62. The Balaban J connectivity index is 2.27. The smallest absolute Gasteiger partial charge is 0.274 e. The number of hydrogen-bond acceptors (Lipinski definition) is 4. The number of nitrogens with one attached hydrogen (secondary N) is 2. The van der Waals surface area contributed by atoms with Gasteiger partial charge in [-0.1, -0.05) is 24.6 Å². The topological polar surface area (TPSA) is 66.9 Å². The highest BCUT2D eigenvalue weighted by atomic mass is 35.5. The number of hydrogen-bond donors (Lipinski definition) is 2. The maximum atomic E-state index is 12.6. The lowest BCUT2D eigenvalue weighted by Crippen LogP contribution is -2.20. The van der Waals surface area contributed by atoms with Crippen molar-refractivity contribution < 1.29 is 4.79 Å². The molecule has 2 aromatic rings. The molecule has 128 valence electrons. The van der Waals surface area contributed by atoms with Crippen LogP contribution in [0.3, 0.4) is 0 Å². The van der Waals surface area contributed by atoms with Gasteiger partial charge >= 0.3 is 0 Å². The van der Waals surface area contributed by atoms with Crippen molar-refractivity contribution in [3.63, 3.8) is 0 Å².